The molecule has 1 atom stereocenters. The first-order chi connectivity index (χ1) is 19.1. The molecule has 0 radical (unpaired) electrons. The van der Waals surface area contributed by atoms with E-state index in [9.17, 15) is 14.4 Å². The van der Waals surface area contributed by atoms with Gasteiger partial charge in [0.05, 0.1) is 23.1 Å². The number of amides is 1. The number of piperazine rings is 1. The topological polar surface area (TPSA) is 144 Å². The summed E-state index contributed by atoms with van der Waals surface area (Å²) in [4.78, 5) is 56.7. The lowest BCUT2D eigenvalue weighted by Crippen LogP contribution is -2.55. The van der Waals surface area contributed by atoms with Crippen LogP contribution in [0.25, 0.3) is 16.7 Å². The molecule has 1 aliphatic heterocycles. The van der Waals surface area contributed by atoms with Crippen LogP contribution >= 0.6 is 11.6 Å². The van der Waals surface area contributed by atoms with E-state index >= 15 is 0 Å². The van der Waals surface area contributed by atoms with Crippen LogP contribution in [0.4, 0.5) is 4.79 Å². The molecule has 4 heterocycles. The van der Waals surface area contributed by atoms with Crippen LogP contribution in [-0.4, -0.2) is 73.4 Å². The van der Waals surface area contributed by atoms with E-state index in [1.54, 1.807) is 11.2 Å². The standard InChI is InChI=1S/C27H32ClN7O5/c1-27(2,3)40-26(38)34-9-8-29-16(11-34)12-39-17-10-18(28)32-23-19(17)24(36)33-25(37)35(23)22-20(14-4-5-14)30-13-31-21(22)15-6-7-15/h10,13-16,29H,4-9,11-12H2,1-3H3,(H,33,36,37)/t16-/m1/s1. The Morgan fingerprint density at radius 1 is 1.12 bits per heavy atom. The van der Waals surface area contributed by atoms with Crippen molar-refractivity contribution >= 4 is 28.7 Å². The number of hydrogen-bond acceptors (Lipinski definition) is 9. The van der Waals surface area contributed by atoms with Gasteiger partial charge >= 0.3 is 11.8 Å². The maximum atomic E-state index is 13.3. The van der Waals surface area contributed by atoms with E-state index in [-0.39, 0.29) is 52.5 Å². The summed E-state index contributed by atoms with van der Waals surface area (Å²) in [5.74, 6) is 0.646. The molecule has 0 unspecified atom stereocenters. The van der Waals surface area contributed by atoms with Crippen molar-refractivity contribution in [2.45, 2.75) is 69.9 Å². The summed E-state index contributed by atoms with van der Waals surface area (Å²) in [6.45, 7) is 7.05. The summed E-state index contributed by atoms with van der Waals surface area (Å²) < 4.78 is 13.0. The molecular formula is C27H32ClN7O5. The number of ether oxygens (including phenoxy) is 2. The first kappa shape index (κ1) is 26.7. The second kappa shape index (κ2) is 10.2. The Morgan fingerprint density at radius 2 is 1.80 bits per heavy atom. The SMILES string of the molecule is CC(C)(C)OC(=O)N1CCN[C@@H](COc2cc(Cl)nc3c2c(=O)[nH]c(=O)n3-c2c(C3CC3)ncnc2C2CC2)C1. The van der Waals surface area contributed by atoms with Gasteiger partial charge in [-0.25, -0.2) is 29.1 Å². The number of aromatic nitrogens is 5. The highest BCUT2D eigenvalue weighted by Crippen LogP contribution is 2.47. The minimum atomic E-state index is -0.626. The number of rotatable bonds is 6. The molecule has 0 bridgehead atoms. The molecule has 0 aromatic carbocycles. The summed E-state index contributed by atoms with van der Waals surface area (Å²) in [7, 11) is 0. The maximum Gasteiger partial charge on any atom is 0.410 e. The van der Waals surface area contributed by atoms with E-state index in [1.807, 2.05) is 20.8 Å². The predicted molar refractivity (Wildman–Crippen MR) is 148 cm³/mol. The van der Waals surface area contributed by atoms with Crippen LogP contribution in [-0.2, 0) is 4.74 Å². The van der Waals surface area contributed by atoms with Gasteiger partial charge in [0.1, 0.15) is 34.8 Å². The zero-order chi connectivity index (χ0) is 28.2. The molecule has 3 aromatic rings. The van der Waals surface area contributed by atoms with Crippen molar-refractivity contribution < 1.29 is 14.3 Å². The molecule has 1 saturated heterocycles. The molecule has 13 heteroatoms. The van der Waals surface area contributed by atoms with Gasteiger partial charge in [0.15, 0.2) is 5.65 Å². The number of hydrogen-bond donors (Lipinski definition) is 2. The molecule has 12 nitrogen and oxygen atoms in total. The number of H-pyrrole nitrogens is 1. The smallest absolute Gasteiger partial charge is 0.410 e. The van der Waals surface area contributed by atoms with Gasteiger partial charge in [0.2, 0.25) is 0 Å². The highest BCUT2D eigenvalue weighted by molar-refractivity contribution is 6.30. The molecule has 40 heavy (non-hydrogen) atoms. The molecule has 3 aliphatic rings. The van der Waals surface area contributed by atoms with Crippen molar-refractivity contribution in [3.8, 4) is 11.4 Å². The summed E-state index contributed by atoms with van der Waals surface area (Å²) in [6.07, 6.45) is 5.06. The molecule has 3 fully saturated rings. The van der Waals surface area contributed by atoms with Crippen LogP contribution in [0.5, 0.6) is 5.75 Å². The van der Waals surface area contributed by atoms with Gasteiger partial charge < -0.3 is 19.7 Å². The minimum Gasteiger partial charge on any atom is -0.491 e. The largest absolute Gasteiger partial charge is 0.491 e. The lowest BCUT2D eigenvalue weighted by Gasteiger charge is -2.34. The fourth-order valence-corrected chi connectivity index (χ4v) is 5.23. The van der Waals surface area contributed by atoms with Gasteiger partial charge in [-0.2, -0.15) is 0 Å². The quantitative estimate of drug-likeness (QED) is 0.428. The Hall–Kier alpha value is -3.51. The first-order valence-corrected chi connectivity index (χ1v) is 14.0. The predicted octanol–water partition coefficient (Wildman–Crippen LogP) is 2.86. The van der Waals surface area contributed by atoms with Gasteiger partial charge in [0, 0.05) is 37.5 Å². The van der Waals surface area contributed by atoms with Crippen molar-refractivity contribution in [1.29, 1.82) is 0 Å². The van der Waals surface area contributed by atoms with Gasteiger partial charge in [-0.3, -0.25) is 9.78 Å². The van der Waals surface area contributed by atoms with Crippen molar-refractivity contribution in [3.05, 3.63) is 49.8 Å². The third-order valence-corrected chi connectivity index (χ3v) is 7.37. The number of fused-ring (bicyclic) bond motifs is 1. The van der Waals surface area contributed by atoms with Gasteiger partial charge in [-0.15, -0.1) is 0 Å². The van der Waals surface area contributed by atoms with E-state index < -0.39 is 16.9 Å². The highest BCUT2D eigenvalue weighted by atomic mass is 35.5. The van der Waals surface area contributed by atoms with Crippen molar-refractivity contribution in [2.24, 2.45) is 0 Å². The second-order valence-electron chi connectivity index (χ2n) is 11.7. The molecule has 2 aliphatic carbocycles. The summed E-state index contributed by atoms with van der Waals surface area (Å²) >= 11 is 6.43. The Labute approximate surface area is 235 Å². The number of carbonyl (C=O) groups excluding carboxylic acids is 1. The maximum absolute atomic E-state index is 13.3. The molecule has 2 saturated carbocycles. The first-order valence-electron chi connectivity index (χ1n) is 13.6. The van der Waals surface area contributed by atoms with Crippen molar-refractivity contribution in [3.63, 3.8) is 0 Å². The van der Waals surface area contributed by atoms with Gasteiger partial charge in [-0.1, -0.05) is 11.6 Å². The molecule has 1 amide bonds. The summed E-state index contributed by atoms with van der Waals surface area (Å²) in [6, 6.07) is 1.24. The molecule has 212 valence electrons. The minimum absolute atomic E-state index is 0.0750. The van der Waals surface area contributed by atoms with E-state index in [2.05, 4.69) is 25.3 Å². The van der Waals surface area contributed by atoms with Gasteiger partial charge in [0.25, 0.3) is 5.56 Å². The number of nitrogens with zero attached hydrogens (tertiary/aromatic N) is 5. The number of pyridine rings is 1. The van der Waals surface area contributed by atoms with Gasteiger partial charge in [-0.05, 0) is 46.5 Å². The fourth-order valence-electron chi connectivity index (χ4n) is 5.05. The fraction of sp³-hybridized carbons (Fsp3) is 0.556. The Balaban J connectivity index is 1.36. The number of aromatic amines is 1. The highest BCUT2D eigenvalue weighted by Gasteiger charge is 2.36. The third-order valence-electron chi connectivity index (χ3n) is 7.17. The van der Waals surface area contributed by atoms with Crippen LogP contribution in [0.2, 0.25) is 5.15 Å². The lowest BCUT2D eigenvalue weighted by atomic mass is 10.1. The molecule has 6 rings (SSSR count). The van der Waals surface area contributed by atoms with Crippen LogP contribution in [0.15, 0.2) is 22.0 Å². The average molecular weight is 570 g/mol. The van der Waals surface area contributed by atoms with Crippen molar-refractivity contribution in [1.82, 2.24) is 34.7 Å². The molecule has 3 aromatic heterocycles. The molecule has 2 N–H and O–H groups in total. The average Bonchev–Trinajstić information content (AvgIpc) is 3.80. The normalized spacial score (nSPS) is 19.6. The number of carbonyl (C=O) groups is 1. The van der Waals surface area contributed by atoms with E-state index in [1.165, 1.54) is 10.6 Å². The second-order valence-corrected chi connectivity index (χ2v) is 12.1. The van der Waals surface area contributed by atoms with Crippen LogP contribution in [0, 0.1) is 0 Å². The monoisotopic (exact) mass is 569 g/mol. The lowest BCUT2D eigenvalue weighted by molar-refractivity contribution is 0.0178. The van der Waals surface area contributed by atoms with Crippen LogP contribution in [0.1, 0.15) is 69.7 Å². The van der Waals surface area contributed by atoms with E-state index in [0.29, 0.717) is 25.3 Å². The number of halogens is 1. The summed E-state index contributed by atoms with van der Waals surface area (Å²) in [5, 5.41) is 3.52. The Kier molecular flexibility index (Phi) is 6.78. The summed E-state index contributed by atoms with van der Waals surface area (Å²) in [5.41, 5.74) is 0.401. The van der Waals surface area contributed by atoms with Crippen molar-refractivity contribution in [2.75, 3.05) is 26.2 Å². The van der Waals surface area contributed by atoms with E-state index in [4.69, 9.17) is 21.1 Å². The molecular weight excluding hydrogens is 538 g/mol. The Bertz CT molecular complexity index is 1560. The number of nitrogens with one attached hydrogen (secondary N) is 2. The van der Waals surface area contributed by atoms with Crippen LogP contribution < -0.4 is 21.3 Å². The van der Waals surface area contributed by atoms with E-state index in [0.717, 1.165) is 37.1 Å². The zero-order valence-corrected chi connectivity index (χ0v) is 23.5. The zero-order valence-electron chi connectivity index (χ0n) is 22.7. The molecule has 0 spiro atoms. The third kappa shape index (κ3) is 5.42. The van der Waals surface area contributed by atoms with Crippen LogP contribution in [0.3, 0.4) is 0 Å². The Morgan fingerprint density at radius 3 is 2.42 bits per heavy atom.